The number of nitrogens with zero attached hydrogens (tertiary/aromatic N) is 1. The molecule has 112 valence electrons. The molecule has 21 heavy (non-hydrogen) atoms. The van der Waals surface area contributed by atoms with Crippen molar-refractivity contribution in [2.45, 2.75) is 32.5 Å². The van der Waals surface area contributed by atoms with Crippen LogP contribution in [0.25, 0.3) is 0 Å². The van der Waals surface area contributed by atoms with Crippen LogP contribution in [0, 0.1) is 0 Å². The molecule has 2 atom stereocenters. The first-order valence-electron chi connectivity index (χ1n) is 7.05. The minimum atomic E-state index is -0.269. The molecule has 1 amide bonds. The zero-order valence-corrected chi connectivity index (χ0v) is 15.0. The summed E-state index contributed by atoms with van der Waals surface area (Å²) in [6.45, 7) is 5.34. The Morgan fingerprint density at radius 1 is 1.48 bits per heavy atom. The average Bonchev–Trinajstić information content (AvgIpc) is 2.97. The second-order valence-electron chi connectivity index (χ2n) is 5.48. The van der Waals surface area contributed by atoms with Gasteiger partial charge in [0.1, 0.15) is 0 Å². The van der Waals surface area contributed by atoms with Gasteiger partial charge < -0.3 is 0 Å². The van der Waals surface area contributed by atoms with E-state index in [1.54, 1.807) is 4.90 Å². The molecular weight excluding hydrogens is 440 g/mol. The zero-order chi connectivity index (χ0) is 15.0. The van der Waals surface area contributed by atoms with Gasteiger partial charge in [-0.25, -0.2) is 0 Å². The number of cyclic esters (lactones) is 1. The molecule has 1 fully saturated rings. The summed E-state index contributed by atoms with van der Waals surface area (Å²) < 4.78 is 12.3. The van der Waals surface area contributed by atoms with Crippen LogP contribution in [0.1, 0.15) is 19.4 Å². The number of rotatable bonds is 4. The Labute approximate surface area is 135 Å². The Morgan fingerprint density at radius 3 is 3.05 bits per heavy atom. The van der Waals surface area contributed by atoms with E-state index < -0.39 is 0 Å². The van der Waals surface area contributed by atoms with Crippen LogP contribution in [-0.4, -0.2) is 35.4 Å². The molecule has 3 rings (SSSR count). The molecule has 0 aliphatic carbocycles. The Hall–Kier alpha value is -1.19. The maximum atomic E-state index is 12.0. The molecule has 2 aliphatic heterocycles. The summed E-state index contributed by atoms with van der Waals surface area (Å²) in [5.74, 6) is 0.927. The number of ether oxygens (including phenoxy) is 2. The standard InChI is InChI=1S/C15H18N2O3.W/c1-3-16-8-13-9-17(15(18)20-13)12-4-5-14-11(7-12)6-10(2)19-14;/h4-5,7,10,13,16H,6,8-9H2,1-2H3;. The molecule has 1 N–H and O–H groups in total. The third kappa shape index (κ3) is 3.19. The fraction of sp³-hybridized carbons (Fsp3) is 0.467. The fourth-order valence-corrected chi connectivity index (χ4v) is 2.97. The van der Waals surface area contributed by atoms with Gasteiger partial charge >= 0.3 is 135 Å². The van der Waals surface area contributed by atoms with Crippen LogP contribution >= 0.6 is 0 Å². The van der Waals surface area contributed by atoms with Crippen LogP contribution < -0.4 is 15.0 Å². The van der Waals surface area contributed by atoms with E-state index in [1.807, 2.05) is 25.1 Å². The van der Waals surface area contributed by atoms with Crippen LogP contribution in [0.3, 0.4) is 0 Å². The number of hydrogen-bond acceptors (Lipinski definition) is 4. The molecule has 0 aromatic heterocycles. The van der Waals surface area contributed by atoms with Crippen LogP contribution in [0.2, 0.25) is 0 Å². The van der Waals surface area contributed by atoms with E-state index >= 15 is 0 Å². The molecule has 0 spiro atoms. The van der Waals surface area contributed by atoms with E-state index in [0.717, 1.165) is 23.4 Å². The number of nitrogens with one attached hydrogen (secondary N) is 1. The molecule has 1 aromatic carbocycles. The molecular formula is C15H18N2O3W. The van der Waals surface area contributed by atoms with Gasteiger partial charge in [-0.05, 0) is 0 Å². The average molecular weight is 458 g/mol. The third-order valence-corrected chi connectivity index (χ3v) is 4.16. The van der Waals surface area contributed by atoms with Crippen molar-refractivity contribution in [3.8, 4) is 5.75 Å². The number of amides is 1. The van der Waals surface area contributed by atoms with Gasteiger partial charge in [0.15, 0.2) is 0 Å². The minimum absolute atomic E-state index is 0.102. The van der Waals surface area contributed by atoms with Crippen molar-refractivity contribution >= 4 is 15.8 Å². The summed E-state index contributed by atoms with van der Waals surface area (Å²) in [7, 11) is 0. The van der Waals surface area contributed by atoms with Crippen molar-refractivity contribution in [2.75, 3.05) is 18.0 Å². The van der Waals surface area contributed by atoms with E-state index in [4.69, 9.17) is 9.47 Å². The Kier molecular flexibility index (Phi) is 4.14. The van der Waals surface area contributed by atoms with Gasteiger partial charge in [-0.15, -0.1) is 0 Å². The first kappa shape index (κ1) is 14.7. The second kappa shape index (κ2) is 5.90. The van der Waals surface area contributed by atoms with Gasteiger partial charge in [-0.2, -0.15) is 0 Å². The van der Waals surface area contributed by atoms with Crippen LogP contribution in [0.15, 0.2) is 18.2 Å². The second-order valence-corrected chi connectivity index (χ2v) is 7.68. The number of anilines is 1. The number of benzene rings is 1. The van der Waals surface area contributed by atoms with Crippen LogP contribution in [-0.2, 0) is 30.5 Å². The van der Waals surface area contributed by atoms with E-state index in [1.165, 1.54) is 23.4 Å². The first-order chi connectivity index (χ1) is 10.0. The predicted octanol–water partition coefficient (Wildman–Crippen LogP) is 1.62. The Morgan fingerprint density at radius 2 is 2.29 bits per heavy atom. The predicted molar refractivity (Wildman–Crippen MR) is 76.5 cm³/mol. The molecule has 2 aliphatic rings. The normalized spacial score (nSPS) is 23.7. The molecule has 1 saturated heterocycles. The van der Waals surface area contributed by atoms with Crippen molar-refractivity contribution < 1.29 is 33.6 Å². The van der Waals surface area contributed by atoms with Gasteiger partial charge in [0, 0.05) is 0 Å². The van der Waals surface area contributed by atoms with E-state index in [-0.39, 0.29) is 18.3 Å². The summed E-state index contributed by atoms with van der Waals surface area (Å²) >= 11 is 1.40. The van der Waals surface area contributed by atoms with Crippen molar-refractivity contribution in [1.29, 1.82) is 0 Å². The van der Waals surface area contributed by atoms with E-state index in [2.05, 4.69) is 12.2 Å². The summed E-state index contributed by atoms with van der Waals surface area (Å²) in [6.07, 6.45) is 0.734. The van der Waals surface area contributed by atoms with Crippen molar-refractivity contribution in [2.24, 2.45) is 0 Å². The molecule has 2 unspecified atom stereocenters. The molecule has 0 saturated carbocycles. The number of fused-ring (bicyclic) bond motifs is 1. The summed E-state index contributed by atoms with van der Waals surface area (Å²) in [5.41, 5.74) is 2.05. The van der Waals surface area contributed by atoms with Gasteiger partial charge in [0.2, 0.25) is 0 Å². The van der Waals surface area contributed by atoms with Crippen molar-refractivity contribution in [3.05, 3.63) is 23.8 Å². The fourth-order valence-electron chi connectivity index (χ4n) is 2.67. The van der Waals surface area contributed by atoms with Gasteiger partial charge in [-0.1, -0.05) is 0 Å². The van der Waals surface area contributed by atoms with E-state index in [0.29, 0.717) is 13.1 Å². The molecule has 0 bridgehead atoms. The molecule has 2 heterocycles. The number of carbonyl (C=O) groups excluding carboxylic acids is 1. The Bertz CT molecular complexity index is 590. The first-order valence-corrected chi connectivity index (χ1v) is 8.52. The third-order valence-electron chi connectivity index (χ3n) is 3.64. The quantitative estimate of drug-likeness (QED) is 0.746. The molecule has 6 heteroatoms. The van der Waals surface area contributed by atoms with Gasteiger partial charge in [0.05, 0.1) is 0 Å². The SMILES string of the molecule is C[C](=[W])NCC1CN(c2ccc3c(c2)CC(C)O3)C(=O)O1. The topological polar surface area (TPSA) is 50.8 Å². The van der Waals surface area contributed by atoms with Crippen LogP contribution in [0.4, 0.5) is 10.5 Å². The number of carbonyl (C=O) groups is 1. The van der Waals surface area contributed by atoms with Crippen molar-refractivity contribution in [1.82, 2.24) is 5.32 Å². The van der Waals surface area contributed by atoms with Crippen LogP contribution in [0.5, 0.6) is 5.75 Å². The Balaban J connectivity index is 1.71. The van der Waals surface area contributed by atoms with Gasteiger partial charge in [0.25, 0.3) is 0 Å². The maximum absolute atomic E-state index is 12.0. The molecule has 1 aromatic rings. The summed E-state index contributed by atoms with van der Waals surface area (Å²) in [4.78, 5) is 13.7. The van der Waals surface area contributed by atoms with E-state index in [9.17, 15) is 4.79 Å². The zero-order valence-electron chi connectivity index (χ0n) is 12.1. The van der Waals surface area contributed by atoms with Crippen molar-refractivity contribution in [3.63, 3.8) is 0 Å². The number of hydrogen-bond donors (Lipinski definition) is 1. The summed E-state index contributed by atoms with van der Waals surface area (Å²) in [5, 5.41) is 3.26. The molecule has 5 nitrogen and oxygen atoms in total. The van der Waals surface area contributed by atoms with Gasteiger partial charge in [-0.3, -0.25) is 0 Å². The monoisotopic (exact) mass is 458 g/mol. The summed E-state index contributed by atoms with van der Waals surface area (Å²) in [6, 6.07) is 5.91. The molecule has 0 radical (unpaired) electrons.